The fraction of sp³-hybridized carbons (Fsp3) is 0.111. The predicted octanol–water partition coefficient (Wildman–Crippen LogP) is 6.01. The zero-order valence-corrected chi connectivity index (χ0v) is 19.9. The number of rotatable bonds is 6. The molecule has 0 N–H and O–H groups in total. The Bertz CT molecular complexity index is 999. The molecule has 0 amide bonds. The molecule has 1 nitrogen and oxygen atoms in total. The summed E-state index contributed by atoms with van der Waals surface area (Å²) in [6.45, 7) is 0. The van der Waals surface area contributed by atoms with Gasteiger partial charge in [0.25, 0.3) is 0 Å². The van der Waals surface area contributed by atoms with Gasteiger partial charge in [0, 0.05) is 18.6 Å². The Kier molecular flexibility index (Phi) is 6.37. The molecule has 30 heavy (non-hydrogen) atoms. The fourth-order valence-corrected chi connectivity index (χ4v) is 9.06. The third-order valence-corrected chi connectivity index (χ3v) is 10.5. The number of halogens is 1. The van der Waals surface area contributed by atoms with Gasteiger partial charge in [0.05, 0.1) is 11.8 Å². The molecular formula is C27H26BrNP+. The van der Waals surface area contributed by atoms with Crippen LogP contribution in [0.2, 0.25) is 0 Å². The van der Waals surface area contributed by atoms with E-state index < -0.39 is 7.26 Å². The zero-order chi connectivity index (χ0) is 21.0. The smallest absolute Gasteiger partial charge is 0.116 e. The third-order valence-electron chi connectivity index (χ3n) is 5.50. The molecule has 3 heteroatoms. The number of nitrogens with zero attached hydrogens (tertiary/aromatic N) is 1. The number of hydrogen-bond acceptors (Lipinski definition) is 1. The molecule has 150 valence electrons. The van der Waals surface area contributed by atoms with Crippen LogP contribution in [0.4, 0.5) is 5.69 Å². The topological polar surface area (TPSA) is 3.24 Å². The lowest BCUT2D eigenvalue weighted by atomic mass is 10.2. The lowest BCUT2D eigenvalue weighted by Crippen LogP contribution is -2.32. The molecule has 0 radical (unpaired) electrons. The molecule has 0 aliphatic rings. The first kappa shape index (κ1) is 20.8. The van der Waals surface area contributed by atoms with Crippen molar-refractivity contribution in [1.29, 1.82) is 0 Å². The summed E-state index contributed by atoms with van der Waals surface area (Å²) in [5.41, 5.74) is 2.54. The molecule has 0 fully saturated rings. The van der Waals surface area contributed by atoms with Crippen molar-refractivity contribution in [1.82, 2.24) is 0 Å². The molecule has 0 atom stereocenters. The van der Waals surface area contributed by atoms with E-state index in [1.165, 1.54) is 27.2 Å². The lowest BCUT2D eigenvalue weighted by Gasteiger charge is -2.28. The minimum absolute atomic E-state index is 0.983. The van der Waals surface area contributed by atoms with Crippen LogP contribution in [-0.4, -0.2) is 14.1 Å². The Balaban J connectivity index is 1.95. The Morgan fingerprint density at radius 2 is 1.07 bits per heavy atom. The first-order valence-corrected chi connectivity index (χ1v) is 12.9. The van der Waals surface area contributed by atoms with Crippen LogP contribution in [0.3, 0.4) is 0 Å². The highest BCUT2D eigenvalue weighted by molar-refractivity contribution is 9.10. The lowest BCUT2D eigenvalue weighted by molar-refractivity contribution is 1.12. The first-order chi connectivity index (χ1) is 14.6. The monoisotopic (exact) mass is 474 g/mol. The molecule has 0 saturated carbocycles. The van der Waals surface area contributed by atoms with Crippen molar-refractivity contribution in [3.05, 3.63) is 119 Å². The van der Waals surface area contributed by atoms with E-state index in [0.717, 1.165) is 10.6 Å². The van der Waals surface area contributed by atoms with Crippen LogP contribution in [0.5, 0.6) is 0 Å². The van der Waals surface area contributed by atoms with Gasteiger partial charge >= 0.3 is 0 Å². The molecule has 4 aromatic rings. The van der Waals surface area contributed by atoms with Gasteiger partial charge in [-0.2, -0.15) is 0 Å². The van der Waals surface area contributed by atoms with Gasteiger partial charge in [0.1, 0.15) is 23.2 Å². The van der Waals surface area contributed by atoms with E-state index in [1.807, 2.05) is 0 Å². The first-order valence-electron chi connectivity index (χ1n) is 10.1. The van der Waals surface area contributed by atoms with E-state index in [4.69, 9.17) is 0 Å². The maximum atomic E-state index is 3.79. The van der Waals surface area contributed by atoms with E-state index in [1.54, 1.807) is 0 Å². The van der Waals surface area contributed by atoms with Crippen LogP contribution >= 0.6 is 23.2 Å². The van der Waals surface area contributed by atoms with Gasteiger partial charge in [-0.1, -0.05) is 60.7 Å². The molecule has 0 aliphatic heterocycles. The summed E-state index contributed by atoms with van der Waals surface area (Å²) in [5, 5.41) is 4.24. The van der Waals surface area contributed by atoms with Gasteiger partial charge in [0.15, 0.2) is 0 Å². The van der Waals surface area contributed by atoms with Crippen LogP contribution in [0.15, 0.2) is 114 Å². The molecule has 0 bridgehead atoms. The molecule has 0 aliphatic carbocycles. The molecule has 0 aromatic heterocycles. The van der Waals surface area contributed by atoms with Crippen molar-refractivity contribution in [2.75, 3.05) is 19.0 Å². The van der Waals surface area contributed by atoms with Crippen LogP contribution in [0.25, 0.3) is 0 Å². The van der Waals surface area contributed by atoms with Gasteiger partial charge in [0.2, 0.25) is 0 Å². The Labute approximate surface area is 188 Å². The maximum Gasteiger partial charge on any atom is 0.116 e. The summed E-state index contributed by atoms with van der Waals surface area (Å²) in [4.78, 5) is 2.14. The van der Waals surface area contributed by atoms with E-state index in [9.17, 15) is 0 Å². The number of hydrogen-bond donors (Lipinski definition) is 0. The van der Waals surface area contributed by atoms with E-state index >= 15 is 0 Å². The average Bonchev–Trinajstić information content (AvgIpc) is 2.79. The van der Waals surface area contributed by atoms with Crippen molar-refractivity contribution in [2.45, 2.75) is 6.16 Å². The van der Waals surface area contributed by atoms with Crippen molar-refractivity contribution < 1.29 is 0 Å². The Morgan fingerprint density at radius 3 is 1.43 bits per heavy atom. The van der Waals surface area contributed by atoms with Crippen LogP contribution in [-0.2, 0) is 6.16 Å². The van der Waals surface area contributed by atoms with Crippen molar-refractivity contribution in [2.24, 2.45) is 0 Å². The van der Waals surface area contributed by atoms with Gasteiger partial charge in [-0.05, 0) is 70.0 Å². The summed E-state index contributed by atoms with van der Waals surface area (Å²) < 4.78 is 1.14. The largest absolute Gasteiger partial charge is 0.377 e. The minimum atomic E-state index is -1.87. The second-order valence-electron chi connectivity index (χ2n) is 7.65. The average molecular weight is 475 g/mol. The minimum Gasteiger partial charge on any atom is -0.377 e. The summed E-state index contributed by atoms with van der Waals surface area (Å²) >= 11 is 3.79. The fourth-order valence-electron chi connectivity index (χ4n) is 4.05. The molecule has 0 spiro atoms. The van der Waals surface area contributed by atoms with Crippen LogP contribution < -0.4 is 20.8 Å². The van der Waals surface area contributed by atoms with Crippen molar-refractivity contribution in [3.8, 4) is 0 Å². The normalized spacial score (nSPS) is 11.3. The van der Waals surface area contributed by atoms with Crippen LogP contribution in [0, 0.1) is 0 Å². The van der Waals surface area contributed by atoms with Gasteiger partial charge in [-0.15, -0.1) is 0 Å². The van der Waals surface area contributed by atoms with Gasteiger partial charge in [-0.25, -0.2) is 0 Å². The molecule has 4 rings (SSSR count). The van der Waals surface area contributed by atoms with Crippen molar-refractivity contribution in [3.63, 3.8) is 0 Å². The molecule has 0 saturated heterocycles. The molecular weight excluding hydrogens is 449 g/mol. The van der Waals surface area contributed by atoms with E-state index in [0.29, 0.717) is 0 Å². The second kappa shape index (κ2) is 9.16. The predicted molar refractivity (Wildman–Crippen MR) is 137 cm³/mol. The van der Waals surface area contributed by atoms with Crippen molar-refractivity contribution >= 4 is 44.8 Å². The van der Waals surface area contributed by atoms with Crippen LogP contribution in [0.1, 0.15) is 5.56 Å². The van der Waals surface area contributed by atoms with Gasteiger partial charge in [-0.3, -0.25) is 0 Å². The summed E-state index contributed by atoms with van der Waals surface area (Å²) in [7, 11) is 2.29. The third kappa shape index (κ3) is 4.08. The zero-order valence-electron chi connectivity index (χ0n) is 17.4. The highest BCUT2D eigenvalue weighted by Crippen LogP contribution is 2.58. The second-order valence-corrected chi connectivity index (χ2v) is 12.0. The SMILES string of the molecule is CN(C)c1ccc(C[P+](c2ccccc2)(c2ccccc2)c2ccccc2)cc1Br. The molecule has 0 heterocycles. The summed E-state index contributed by atoms with van der Waals surface area (Å²) in [6.07, 6.45) is 0.983. The van der Waals surface area contributed by atoms with E-state index in [2.05, 4.69) is 144 Å². The number of anilines is 1. The Morgan fingerprint density at radius 1 is 0.633 bits per heavy atom. The Hall–Kier alpha value is -2.41. The molecule has 4 aromatic carbocycles. The maximum absolute atomic E-state index is 3.79. The molecule has 0 unspecified atom stereocenters. The highest BCUT2D eigenvalue weighted by Gasteiger charge is 2.45. The number of benzene rings is 4. The van der Waals surface area contributed by atoms with E-state index in [-0.39, 0.29) is 0 Å². The standard InChI is InChI=1S/C27H26BrNP/c1-29(2)27-19-18-22(20-26(27)28)21-30(23-12-6-3-7-13-23,24-14-8-4-9-15-24)25-16-10-5-11-17-25/h3-20H,21H2,1-2H3/q+1. The summed E-state index contributed by atoms with van der Waals surface area (Å²) in [6, 6.07) is 39.9. The summed E-state index contributed by atoms with van der Waals surface area (Å²) in [5.74, 6) is 0. The highest BCUT2D eigenvalue weighted by atomic mass is 79.9. The quantitative estimate of drug-likeness (QED) is 0.309. The van der Waals surface area contributed by atoms with Gasteiger partial charge < -0.3 is 4.90 Å².